The van der Waals surface area contributed by atoms with Crippen molar-refractivity contribution in [3.8, 4) is 0 Å². The number of hydrogen-bond acceptors (Lipinski definition) is 4. The van der Waals surface area contributed by atoms with E-state index in [0.717, 1.165) is 11.6 Å². The van der Waals surface area contributed by atoms with Gasteiger partial charge >= 0.3 is 0 Å². The maximum absolute atomic E-state index is 12.4. The van der Waals surface area contributed by atoms with Crippen LogP contribution in [0.15, 0.2) is 47.4 Å². The highest BCUT2D eigenvalue weighted by Crippen LogP contribution is 2.24. The number of halogens is 1. The fraction of sp³-hybridized carbons (Fsp3) is 0.200. The zero-order valence-corrected chi connectivity index (χ0v) is 14.1. The van der Waals surface area contributed by atoms with Crippen molar-refractivity contribution in [2.24, 2.45) is 0 Å². The summed E-state index contributed by atoms with van der Waals surface area (Å²) in [6, 6.07) is 10.1. The van der Waals surface area contributed by atoms with Gasteiger partial charge in [-0.05, 0) is 37.6 Å². The van der Waals surface area contributed by atoms with Crippen LogP contribution < -0.4 is 4.72 Å². The average molecular weight is 355 g/mol. The molecule has 0 saturated carbocycles. The molecule has 1 N–H and O–H groups in total. The highest BCUT2D eigenvalue weighted by Gasteiger charge is 2.22. The third-order valence-corrected chi connectivity index (χ3v) is 5.18. The molecule has 1 unspecified atom stereocenters. The van der Waals surface area contributed by atoms with Crippen LogP contribution in [0.2, 0.25) is 5.02 Å². The highest BCUT2D eigenvalue weighted by molar-refractivity contribution is 7.89. The van der Waals surface area contributed by atoms with Crippen LogP contribution in [0.5, 0.6) is 0 Å². The third kappa shape index (κ3) is 4.07. The minimum absolute atomic E-state index is 0.143. The fourth-order valence-corrected chi connectivity index (χ4v) is 3.45. The molecule has 0 heterocycles. The first-order chi connectivity index (χ1) is 10.7. The molecule has 2 rings (SSSR count). The van der Waals surface area contributed by atoms with Gasteiger partial charge in [0, 0.05) is 22.7 Å². The molecule has 1 atom stereocenters. The van der Waals surface area contributed by atoms with Crippen molar-refractivity contribution in [2.75, 3.05) is 0 Å². The molecular formula is C15H15ClN2O4S. The number of nitro groups is 1. The Labute approximate surface area is 139 Å². The predicted molar refractivity (Wildman–Crippen MR) is 88.0 cm³/mol. The lowest BCUT2D eigenvalue weighted by molar-refractivity contribution is -0.385. The molecule has 23 heavy (non-hydrogen) atoms. The van der Waals surface area contributed by atoms with Crippen LogP contribution in [-0.4, -0.2) is 13.3 Å². The van der Waals surface area contributed by atoms with E-state index < -0.39 is 21.0 Å². The van der Waals surface area contributed by atoms with Gasteiger partial charge in [0.1, 0.15) is 0 Å². The smallest absolute Gasteiger partial charge is 0.258 e. The van der Waals surface area contributed by atoms with Gasteiger partial charge in [0.15, 0.2) is 0 Å². The van der Waals surface area contributed by atoms with Crippen LogP contribution in [0.4, 0.5) is 5.69 Å². The summed E-state index contributed by atoms with van der Waals surface area (Å²) in [7, 11) is -3.88. The number of benzene rings is 2. The second-order valence-corrected chi connectivity index (χ2v) is 7.25. The largest absolute Gasteiger partial charge is 0.273 e. The molecule has 0 aliphatic heterocycles. The minimum atomic E-state index is -3.88. The van der Waals surface area contributed by atoms with E-state index in [-0.39, 0.29) is 10.6 Å². The molecule has 0 radical (unpaired) electrons. The number of nitrogens with zero attached hydrogens (tertiary/aromatic N) is 1. The van der Waals surface area contributed by atoms with Crippen LogP contribution in [0, 0.1) is 17.0 Å². The van der Waals surface area contributed by atoms with Crippen LogP contribution >= 0.6 is 11.6 Å². The van der Waals surface area contributed by atoms with E-state index in [1.165, 1.54) is 12.1 Å². The Hall–Kier alpha value is -1.96. The summed E-state index contributed by atoms with van der Waals surface area (Å²) in [4.78, 5) is 10.2. The van der Waals surface area contributed by atoms with Crippen molar-refractivity contribution in [2.45, 2.75) is 24.8 Å². The molecule has 0 spiro atoms. The van der Waals surface area contributed by atoms with Gasteiger partial charge < -0.3 is 0 Å². The van der Waals surface area contributed by atoms with E-state index in [4.69, 9.17) is 11.6 Å². The highest BCUT2D eigenvalue weighted by atomic mass is 35.5. The number of hydrogen-bond donors (Lipinski definition) is 1. The average Bonchev–Trinajstić information content (AvgIpc) is 2.47. The van der Waals surface area contributed by atoms with Gasteiger partial charge in [0.05, 0.1) is 9.82 Å². The van der Waals surface area contributed by atoms with Crippen molar-refractivity contribution < 1.29 is 13.3 Å². The second kappa shape index (κ2) is 6.66. The Balaban J connectivity index is 2.30. The van der Waals surface area contributed by atoms with E-state index in [9.17, 15) is 18.5 Å². The monoisotopic (exact) mass is 354 g/mol. The van der Waals surface area contributed by atoms with Gasteiger partial charge in [0.25, 0.3) is 5.69 Å². The SMILES string of the molecule is Cc1ccc(S(=O)(=O)NC(C)c2ccc(Cl)cc2)cc1[N+](=O)[O-]. The second-order valence-electron chi connectivity index (χ2n) is 5.10. The number of sulfonamides is 1. The molecule has 0 aromatic heterocycles. The van der Waals surface area contributed by atoms with Gasteiger partial charge in [-0.3, -0.25) is 10.1 Å². The Morgan fingerprint density at radius 2 is 1.78 bits per heavy atom. The zero-order valence-electron chi connectivity index (χ0n) is 12.5. The van der Waals surface area contributed by atoms with Gasteiger partial charge in [-0.1, -0.05) is 29.8 Å². The van der Waals surface area contributed by atoms with Crippen molar-refractivity contribution in [3.63, 3.8) is 0 Å². The van der Waals surface area contributed by atoms with Gasteiger partial charge in [-0.2, -0.15) is 0 Å². The summed E-state index contributed by atoms with van der Waals surface area (Å²) in [6.45, 7) is 3.24. The first kappa shape index (κ1) is 17.4. The fourth-order valence-electron chi connectivity index (χ4n) is 2.07. The quantitative estimate of drug-likeness (QED) is 0.656. The predicted octanol–water partition coefficient (Wildman–Crippen LogP) is 3.60. The minimum Gasteiger partial charge on any atom is -0.258 e. The normalized spacial score (nSPS) is 12.8. The lowest BCUT2D eigenvalue weighted by Crippen LogP contribution is -2.27. The van der Waals surface area contributed by atoms with E-state index in [1.807, 2.05) is 0 Å². The molecule has 2 aromatic rings. The number of aryl methyl sites for hydroxylation is 1. The van der Waals surface area contributed by atoms with Crippen molar-refractivity contribution in [1.29, 1.82) is 0 Å². The summed E-state index contributed by atoms with van der Waals surface area (Å²) in [5.41, 5.74) is 0.909. The van der Waals surface area contributed by atoms with Crippen LogP contribution in [-0.2, 0) is 10.0 Å². The van der Waals surface area contributed by atoms with E-state index in [0.29, 0.717) is 10.6 Å². The summed E-state index contributed by atoms with van der Waals surface area (Å²) in [6.07, 6.45) is 0. The van der Waals surface area contributed by atoms with E-state index in [1.54, 1.807) is 38.1 Å². The molecule has 0 aliphatic rings. The van der Waals surface area contributed by atoms with Gasteiger partial charge in [-0.15, -0.1) is 0 Å². The van der Waals surface area contributed by atoms with Crippen LogP contribution in [0.25, 0.3) is 0 Å². The number of nitrogens with one attached hydrogen (secondary N) is 1. The standard InChI is InChI=1S/C15H15ClN2O4S/c1-10-3-8-14(9-15(10)18(19)20)23(21,22)17-11(2)12-4-6-13(16)7-5-12/h3-9,11,17H,1-2H3. The molecule has 0 bridgehead atoms. The summed E-state index contributed by atoms with van der Waals surface area (Å²) in [5, 5.41) is 11.5. The Kier molecular flexibility index (Phi) is 5.03. The molecule has 8 heteroatoms. The van der Waals surface area contributed by atoms with Crippen LogP contribution in [0.3, 0.4) is 0 Å². The molecule has 122 valence electrons. The Morgan fingerprint density at radius 3 is 2.35 bits per heavy atom. The molecule has 0 fully saturated rings. The number of rotatable bonds is 5. The number of nitro benzene ring substituents is 1. The molecule has 2 aromatic carbocycles. The van der Waals surface area contributed by atoms with E-state index in [2.05, 4.69) is 4.72 Å². The first-order valence-corrected chi connectivity index (χ1v) is 8.59. The van der Waals surface area contributed by atoms with Crippen molar-refractivity contribution in [3.05, 3.63) is 68.7 Å². The summed E-state index contributed by atoms with van der Waals surface area (Å²) in [5.74, 6) is 0. The van der Waals surface area contributed by atoms with Gasteiger partial charge in [-0.25, -0.2) is 13.1 Å². The zero-order chi connectivity index (χ0) is 17.2. The van der Waals surface area contributed by atoms with Gasteiger partial charge in [0.2, 0.25) is 10.0 Å². The Morgan fingerprint density at radius 1 is 1.17 bits per heavy atom. The first-order valence-electron chi connectivity index (χ1n) is 6.73. The molecule has 0 aliphatic carbocycles. The van der Waals surface area contributed by atoms with Crippen LogP contribution in [0.1, 0.15) is 24.1 Å². The lowest BCUT2D eigenvalue weighted by atomic mass is 10.1. The summed E-state index contributed by atoms with van der Waals surface area (Å²) >= 11 is 5.80. The van der Waals surface area contributed by atoms with Crippen molar-refractivity contribution in [1.82, 2.24) is 4.72 Å². The topological polar surface area (TPSA) is 89.3 Å². The third-order valence-electron chi connectivity index (χ3n) is 3.39. The summed E-state index contributed by atoms with van der Waals surface area (Å²) < 4.78 is 27.3. The maximum atomic E-state index is 12.4. The Bertz CT molecular complexity index is 835. The molecule has 6 nitrogen and oxygen atoms in total. The maximum Gasteiger partial charge on any atom is 0.273 e. The molecule has 0 amide bonds. The molecular weight excluding hydrogens is 340 g/mol. The van der Waals surface area contributed by atoms with E-state index >= 15 is 0 Å². The van der Waals surface area contributed by atoms with Crippen molar-refractivity contribution >= 4 is 27.3 Å². The lowest BCUT2D eigenvalue weighted by Gasteiger charge is -2.15. The molecule has 0 saturated heterocycles.